The molecule has 2 rings (SSSR count). The summed E-state index contributed by atoms with van der Waals surface area (Å²) in [6, 6.07) is 0. The number of primary amides is 1. The summed E-state index contributed by atoms with van der Waals surface area (Å²) in [5.74, 6) is -0.520. The standard InChI is InChI=1S/C9H14N4O3S/c10-6-5(7(11)14)8(17-13-6)12-3-9(15)1-2-16-4-9/h12,15H,1-4H2,(H2,10,13)(H2,11,14). The Labute approximate surface area is 102 Å². The molecular formula is C9H14N4O3S. The van der Waals surface area contributed by atoms with E-state index in [1.165, 1.54) is 0 Å². The Bertz CT molecular complexity index is 428. The topological polar surface area (TPSA) is 123 Å². The third-order valence-electron chi connectivity index (χ3n) is 2.63. The van der Waals surface area contributed by atoms with Gasteiger partial charge in [0.05, 0.1) is 6.61 Å². The van der Waals surface area contributed by atoms with E-state index in [1.807, 2.05) is 0 Å². The molecule has 7 nitrogen and oxygen atoms in total. The molecule has 1 aliphatic rings. The van der Waals surface area contributed by atoms with E-state index in [1.54, 1.807) is 0 Å². The molecular weight excluding hydrogens is 244 g/mol. The molecule has 94 valence electrons. The molecule has 1 unspecified atom stereocenters. The first-order valence-electron chi connectivity index (χ1n) is 5.11. The normalized spacial score (nSPS) is 23.8. The van der Waals surface area contributed by atoms with Crippen LogP contribution in [0.2, 0.25) is 0 Å². The second-order valence-corrected chi connectivity index (χ2v) is 4.79. The molecule has 2 heterocycles. The van der Waals surface area contributed by atoms with Crippen molar-refractivity contribution >= 4 is 28.3 Å². The van der Waals surface area contributed by atoms with Crippen LogP contribution in [0.4, 0.5) is 10.8 Å². The number of carbonyl (C=O) groups excluding carboxylic acids is 1. The number of rotatable bonds is 4. The van der Waals surface area contributed by atoms with E-state index >= 15 is 0 Å². The van der Waals surface area contributed by atoms with Crippen LogP contribution in [-0.4, -0.2) is 40.7 Å². The SMILES string of the molecule is NC(=O)c1c(N)nsc1NCC1(O)CCOC1. The van der Waals surface area contributed by atoms with Gasteiger partial charge in [-0.05, 0) is 11.5 Å². The Morgan fingerprint density at radius 2 is 2.47 bits per heavy atom. The quantitative estimate of drug-likeness (QED) is 0.571. The maximum atomic E-state index is 11.2. The summed E-state index contributed by atoms with van der Waals surface area (Å²) in [6.45, 7) is 1.08. The average molecular weight is 258 g/mol. The Balaban J connectivity index is 2.06. The van der Waals surface area contributed by atoms with Crippen molar-refractivity contribution in [3.8, 4) is 0 Å². The highest BCUT2D eigenvalue weighted by atomic mass is 32.1. The maximum Gasteiger partial charge on any atom is 0.255 e. The number of nitrogen functional groups attached to an aromatic ring is 1. The smallest absolute Gasteiger partial charge is 0.255 e. The molecule has 17 heavy (non-hydrogen) atoms. The van der Waals surface area contributed by atoms with E-state index in [0.29, 0.717) is 18.0 Å². The van der Waals surface area contributed by atoms with E-state index in [0.717, 1.165) is 11.5 Å². The summed E-state index contributed by atoms with van der Waals surface area (Å²) >= 11 is 1.05. The van der Waals surface area contributed by atoms with Gasteiger partial charge in [0.15, 0.2) is 5.82 Å². The average Bonchev–Trinajstić information content (AvgIpc) is 2.83. The number of ether oxygens (including phenoxy) is 1. The molecule has 1 fully saturated rings. The van der Waals surface area contributed by atoms with Gasteiger partial charge in [0, 0.05) is 19.6 Å². The molecule has 6 N–H and O–H groups in total. The predicted molar refractivity (Wildman–Crippen MR) is 63.9 cm³/mol. The molecule has 1 aliphatic heterocycles. The number of aromatic nitrogens is 1. The third kappa shape index (κ3) is 2.48. The minimum absolute atomic E-state index is 0.111. The molecule has 1 atom stereocenters. The van der Waals surface area contributed by atoms with Gasteiger partial charge in [0.25, 0.3) is 5.91 Å². The highest BCUT2D eigenvalue weighted by molar-refractivity contribution is 7.11. The second-order valence-electron chi connectivity index (χ2n) is 4.02. The van der Waals surface area contributed by atoms with Gasteiger partial charge >= 0.3 is 0 Å². The summed E-state index contributed by atoms with van der Waals surface area (Å²) in [6.07, 6.45) is 0.556. The number of anilines is 2. The van der Waals surface area contributed by atoms with Crippen LogP contribution in [0.5, 0.6) is 0 Å². The highest BCUT2D eigenvalue weighted by Crippen LogP contribution is 2.27. The minimum Gasteiger partial charge on any atom is -0.386 e. The van der Waals surface area contributed by atoms with Crippen molar-refractivity contribution in [1.29, 1.82) is 0 Å². The van der Waals surface area contributed by atoms with Crippen molar-refractivity contribution < 1.29 is 14.6 Å². The zero-order valence-electron chi connectivity index (χ0n) is 9.10. The van der Waals surface area contributed by atoms with Gasteiger partial charge in [-0.1, -0.05) is 0 Å². The molecule has 1 amide bonds. The predicted octanol–water partition coefficient (Wildman–Crippen LogP) is -0.613. The van der Waals surface area contributed by atoms with Crippen molar-refractivity contribution in [3.05, 3.63) is 5.56 Å². The Kier molecular flexibility index (Phi) is 3.18. The number of aliphatic hydroxyl groups is 1. The number of nitrogens with one attached hydrogen (secondary N) is 1. The van der Waals surface area contributed by atoms with Crippen molar-refractivity contribution in [2.75, 3.05) is 30.8 Å². The first kappa shape index (κ1) is 12.1. The summed E-state index contributed by atoms with van der Waals surface area (Å²) in [5, 5.41) is 13.5. The fourth-order valence-electron chi connectivity index (χ4n) is 1.64. The fourth-order valence-corrected chi connectivity index (χ4v) is 2.36. The van der Waals surface area contributed by atoms with Gasteiger partial charge in [-0.3, -0.25) is 4.79 Å². The van der Waals surface area contributed by atoms with Gasteiger partial charge in [-0.2, -0.15) is 4.37 Å². The van der Waals surface area contributed by atoms with Gasteiger partial charge in [0.2, 0.25) is 0 Å². The molecule has 0 radical (unpaired) electrons. The first-order chi connectivity index (χ1) is 8.02. The van der Waals surface area contributed by atoms with Crippen LogP contribution in [0.15, 0.2) is 0 Å². The molecule has 0 aliphatic carbocycles. The lowest BCUT2D eigenvalue weighted by Gasteiger charge is -2.20. The molecule has 0 spiro atoms. The highest BCUT2D eigenvalue weighted by Gasteiger charge is 2.32. The Morgan fingerprint density at radius 3 is 3.06 bits per heavy atom. The van der Waals surface area contributed by atoms with E-state index in [2.05, 4.69) is 9.69 Å². The van der Waals surface area contributed by atoms with Crippen molar-refractivity contribution in [2.24, 2.45) is 5.73 Å². The summed E-state index contributed by atoms with van der Waals surface area (Å²) in [7, 11) is 0. The molecule has 0 saturated carbocycles. The number of amides is 1. The van der Waals surface area contributed by atoms with Crippen molar-refractivity contribution in [2.45, 2.75) is 12.0 Å². The van der Waals surface area contributed by atoms with Crippen LogP contribution in [-0.2, 0) is 4.74 Å². The minimum atomic E-state index is -0.909. The molecule has 1 saturated heterocycles. The lowest BCUT2D eigenvalue weighted by molar-refractivity contribution is 0.0382. The summed E-state index contributed by atoms with van der Waals surface area (Å²) in [5.41, 5.74) is 10.00. The van der Waals surface area contributed by atoms with Gasteiger partial charge in [-0.15, -0.1) is 0 Å². The van der Waals surface area contributed by atoms with Crippen LogP contribution in [0.1, 0.15) is 16.8 Å². The van der Waals surface area contributed by atoms with Crippen molar-refractivity contribution in [1.82, 2.24) is 4.37 Å². The Hall–Kier alpha value is -1.38. The van der Waals surface area contributed by atoms with Gasteiger partial charge in [0.1, 0.15) is 16.2 Å². The van der Waals surface area contributed by atoms with Crippen LogP contribution < -0.4 is 16.8 Å². The number of carbonyl (C=O) groups is 1. The monoisotopic (exact) mass is 258 g/mol. The zero-order chi connectivity index (χ0) is 12.5. The first-order valence-corrected chi connectivity index (χ1v) is 5.88. The molecule has 0 aromatic carbocycles. The lowest BCUT2D eigenvalue weighted by atomic mass is 10.0. The number of nitrogens with zero attached hydrogens (tertiary/aromatic N) is 1. The molecule has 1 aromatic heterocycles. The van der Waals surface area contributed by atoms with Crippen LogP contribution in [0, 0.1) is 0 Å². The summed E-state index contributed by atoms with van der Waals surface area (Å²) < 4.78 is 8.96. The number of hydrogen-bond donors (Lipinski definition) is 4. The Morgan fingerprint density at radius 1 is 1.71 bits per heavy atom. The number of nitrogens with two attached hydrogens (primary N) is 2. The lowest BCUT2D eigenvalue weighted by Crippen LogP contribution is -2.37. The summed E-state index contributed by atoms with van der Waals surface area (Å²) in [4.78, 5) is 11.2. The molecule has 1 aromatic rings. The third-order valence-corrected chi connectivity index (χ3v) is 3.44. The van der Waals surface area contributed by atoms with Crippen molar-refractivity contribution in [3.63, 3.8) is 0 Å². The second kappa shape index (κ2) is 4.47. The van der Waals surface area contributed by atoms with Gasteiger partial charge in [-0.25, -0.2) is 0 Å². The van der Waals surface area contributed by atoms with Crippen LogP contribution in [0.3, 0.4) is 0 Å². The zero-order valence-corrected chi connectivity index (χ0v) is 9.92. The van der Waals surface area contributed by atoms with E-state index in [9.17, 15) is 9.90 Å². The van der Waals surface area contributed by atoms with Gasteiger partial charge < -0.3 is 26.6 Å². The largest absolute Gasteiger partial charge is 0.386 e. The van der Waals surface area contributed by atoms with E-state index in [-0.39, 0.29) is 24.5 Å². The maximum absolute atomic E-state index is 11.2. The van der Waals surface area contributed by atoms with E-state index in [4.69, 9.17) is 16.2 Å². The molecule has 0 bridgehead atoms. The van der Waals surface area contributed by atoms with E-state index < -0.39 is 11.5 Å². The number of hydrogen-bond acceptors (Lipinski definition) is 7. The fraction of sp³-hybridized carbons (Fsp3) is 0.556. The van der Waals surface area contributed by atoms with Crippen LogP contribution in [0.25, 0.3) is 0 Å². The molecule has 8 heteroatoms. The van der Waals surface area contributed by atoms with Crippen LogP contribution >= 0.6 is 11.5 Å².